The van der Waals surface area contributed by atoms with Crippen LogP contribution in [0.15, 0.2) is 18.2 Å². The smallest absolute Gasteiger partial charge is 0.148 e. The highest BCUT2D eigenvalue weighted by Gasteiger charge is 2.10. The number of hydrogen-bond donors (Lipinski definition) is 1. The molecule has 0 saturated heterocycles. The molecule has 1 aromatic rings. The van der Waals surface area contributed by atoms with Crippen LogP contribution in [0.4, 0.5) is 8.78 Å². The zero-order valence-electron chi connectivity index (χ0n) is 10.4. The molecule has 1 N–H and O–H groups in total. The van der Waals surface area contributed by atoms with Crippen molar-refractivity contribution in [2.24, 2.45) is 0 Å². The van der Waals surface area contributed by atoms with Gasteiger partial charge in [0.25, 0.3) is 0 Å². The van der Waals surface area contributed by atoms with E-state index in [-0.39, 0.29) is 11.8 Å². The van der Waals surface area contributed by atoms with Crippen molar-refractivity contribution in [1.82, 2.24) is 5.32 Å². The molecule has 0 fully saturated rings. The second-order valence-electron chi connectivity index (χ2n) is 4.43. The second-order valence-corrected chi connectivity index (χ2v) is 6.62. The molecule has 0 aliphatic rings. The quantitative estimate of drug-likeness (QED) is 0.857. The van der Waals surface area contributed by atoms with Crippen LogP contribution in [-0.2, 0) is 16.3 Å². The summed E-state index contributed by atoms with van der Waals surface area (Å²) in [7, 11) is -3.02. The topological polar surface area (TPSA) is 46.2 Å². The fourth-order valence-electron chi connectivity index (χ4n) is 1.69. The molecule has 1 aromatic carbocycles. The summed E-state index contributed by atoms with van der Waals surface area (Å²) in [6.45, 7) is 2.20. The van der Waals surface area contributed by atoms with Crippen LogP contribution in [-0.4, -0.2) is 33.0 Å². The van der Waals surface area contributed by atoms with Gasteiger partial charge in [0, 0.05) is 18.4 Å². The minimum absolute atomic E-state index is 0.0406. The molecule has 1 rings (SSSR count). The largest absolute Gasteiger partial charge is 0.313 e. The molecule has 6 heteroatoms. The predicted octanol–water partition coefficient (Wildman–Crippen LogP) is 1.53. The van der Waals surface area contributed by atoms with Crippen molar-refractivity contribution in [2.45, 2.75) is 19.4 Å². The lowest BCUT2D eigenvalue weighted by Crippen LogP contribution is -2.34. The van der Waals surface area contributed by atoms with E-state index in [4.69, 9.17) is 0 Å². The Labute approximate surface area is 106 Å². The maximum Gasteiger partial charge on any atom is 0.148 e. The van der Waals surface area contributed by atoms with Crippen LogP contribution >= 0.6 is 0 Å². The molecule has 0 unspecified atom stereocenters. The SMILES string of the molecule is C[C@H](CS(C)(=O)=O)NCCc1ccc(F)cc1F. The van der Waals surface area contributed by atoms with Crippen LogP contribution in [0.5, 0.6) is 0 Å². The first-order valence-corrected chi connectivity index (χ1v) is 7.69. The Bertz CT molecular complexity index is 503. The molecular formula is C12H17F2NO2S. The van der Waals surface area contributed by atoms with Gasteiger partial charge in [-0.25, -0.2) is 17.2 Å². The first-order chi connectivity index (χ1) is 8.28. The molecule has 0 aliphatic heterocycles. The van der Waals surface area contributed by atoms with Gasteiger partial charge in [-0.15, -0.1) is 0 Å². The number of halogens is 2. The van der Waals surface area contributed by atoms with Gasteiger partial charge in [0.15, 0.2) is 0 Å². The van der Waals surface area contributed by atoms with Crippen LogP contribution in [0.1, 0.15) is 12.5 Å². The standard InChI is InChI=1S/C12H17F2NO2S/c1-9(8-18(2,16)17)15-6-5-10-3-4-11(13)7-12(10)14/h3-4,7,9,15H,5-6,8H2,1-2H3/t9-/m1/s1. The summed E-state index contributed by atoms with van der Waals surface area (Å²) in [4.78, 5) is 0. The van der Waals surface area contributed by atoms with Crippen LogP contribution in [0.25, 0.3) is 0 Å². The maximum absolute atomic E-state index is 13.3. The summed E-state index contributed by atoms with van der Waals surface area (Å²) < 4.78 is 48.0. The van der Waals surface area contributed by atoms with Gasteiger partial charge in [-0.05, 0) is 31.5 Å². The first kappa shape index (κ1) is 15.0. The zero-order valence-corrected chi connectivity index (χ0v) is 11.2. The van der Waals surface area contributed by atoms with Crippen LogP contribution in [0.3, 0.4) is 0 Å². The maximum atomic E-state index is 13.3. The third-order valence-electron chi connectivity index (χ3n) is 2.45. The summed E-state index contributed by atoms with van der Waals surface area (Å²) >= 11 is 0. The Morgan fingerprint density at radius 2 is 2.00 bits per heavy atom. The highest BCUT2D eigenvalue weighted by molar-refractivity contribution is 7.90. The molecule has 0 spiro atoms. The average Bonchev–Trinajstić information content (AvgIpc) is 2.18. The summed E-state index contributed by atoms with van der Waals surface area (Å²) in [5, 5.41) is 2.99. The van der Waals surface area contributed by atoms with Crippen molar-refractivity contribution in [3.63, 3.8) is 0 Å². The van der Waals surface area contributed by atoms with E-state index in [1.807, 2.05) is 0 Å². The Balaban J connectivity index is 2.42. The van der Waals surface area contributed by atoms with Crippen molar-refractivity contribution in [1.29, 1.82) is 0 Å². The fraction of sp³-hybridized carbons (Fsp3) is 0.500. The predicted molar refractivity (Wildman–Crippen MR) is 67.2 cm³/mol. The minimum Gasteiger partial charge on any atom is -0.313 e. The lowest BCUT2D eigenvalue weighted by Gasteiger charge is -2.12. The Hall–Kier alpha value is -1.01. The van der Waals surface area contributed by atoms with Gasteiger partial charge >= 0.3 is 0 Å². The molecule has 0 saturated carbocycles. The monoisotopic (exact) mass is 277 g/mol. The van der Waals surface area contributed by atoms with Crippen molar-refractivity contribution >= 4 is 9.84 Å². The molecule has 102 valence electrons. The van der Waals surface area contributed by atoms with E-state index in [1.165, 1.54) is 18.4 Å². The Kier molecular flexibility index (Phi) is 5.22. The van der Waals surface area contributed by atoms with Crippen molar-refractivity contribution in [3.05, 3.63) is 35.4 Å². The van der Waals surface area contributed by atoms with Gasteiger partial charge in [-0.1, -0.05) is 6.07 Å². The molecule has 18 heavy (non-hydrogen) atoms. The van der Waals surface area contributed by atoms with E-state index in [1.54, 1.807) is 6.92 Å². The highest BCUT2D eigenvalue weighted by Crippen LogP contribution is 2.09. The summed E-state index contributed by atoms with van der Waals surface area (Å²) in [6, 6.07) is 3.25. The zero-order chi connectivity index (χ0) is 13.8. The molecule has 3 nitrogen and oxygen atoms in total. The Morgan fingerprint density at radius 3 is 2.56 bits per heavy atom. The lowest BCUT2D eigenvalue weighted by molar-refractivity contribution is 0.545. The Morgan fingerprint density at radius 1 is 1.33 bits per heavy atom. The summed E-state index contributed by atoms with van der Waals surface area (Å²) in [5.41, 5.74) is 0.412. The van der Waals surface area contributed by atoms with Crippen molar-refractivity contribution < 1.29 is 17.2 Å². The van der Waals surface area contributed by atoms with Crippen molar-refractivity contribution in [2.75, 3.05) is 18.6 Å². The first-order valence-electron chi connectivity index (χ1n) is 5.63. The molecule has 1 atom stereocenters. The normalized spacial score (nSPS) is 13.6. The number of benzene rings is 1. The van der Waals surface area contributed by atoms with Gasteiger partial charge in [-0.3, -0.25) is 0 Å². The molecule has 0 amide bonds. The van der Waals surface area contributed by atoms with Gasteiger partial charge < -0.3 is 5.32 Å². The fourth-order valence-corrected chi connectivity index (χ4v) is 2.72. The lowest BCUT2D eigenvalue weighted by atomic mass is 10.1. The highest BCUT2D eigenvalue weighted by atomic mass is 32.2. The third-order valence-corrected chi connectivity index (χ3v) is 3.56. The summed E-state index contributed by atoms with van der Waals surface area (Å²) in [6.07, 6.45) is 1.56. The molecule has 0 aromatic heterocycles. The third kappa shape index (κ3) is 5.55. The molecule has 0 aliphatic carbocycles. The van der Waals surface area contributed by atoms with E-state index < -0.39 is 21.5 Å². The van der Waals surface area contributed by atoms with E-state index in [9.17, 15) is 17.2 Å². The number of sulfone groups is 1. The van der Waals surface area contributed by atoms with Crippen LogP contribution in [0, 0.1) is 11.6 Å². The van der Waals surface area contributed by atoms with Gasteiger partial charge in [-0.2, -0.15) is 0 Å². The van der Waals surface area contributed by atoms with Gasteiger partial charge in [0.05, 0.1) is 5.75 Å². The molecule has 0 radical (unpaired) electrons. The van der Waals surface area contributed by atoms with E-state index in [0.717, 1.165) is 6.07 Å². The van der Waals surface area contributed by atoms with E-state index in [2.05, 4.69) is 5.32 Å². The van der Waals surface area contributed by atoms with Gasteiger partial charge in [0.2, 0.25) is 0 Å². The van der Waals surface area contributed by atoms with Crippen molar-refractivity contribution in [3.8, 4) is 0 Å². The van der Waals surface area contributed by atoms with Gasteiger partial charge in [0.1, 0.15) is 21.5 Å². The van der Waals surface area contributed by atoms with E-state index in [0.29, 0.717) is 18.5 Å². The summed E-state index contributed by atoms with van der Waals surface area (Å²) in [5.74, 6) is -1.14. The van der Waals surface area contributed by atoms with E-state index >= 15 is 0 Å². The second kappa shape index (κ2) is 6.24. The van der Waals surface area contributed by atoms with Crippen LogP contribution in [0.2, 0.25) is 0 Å². The molecule has 0 heterocycles. The molecule has 0 bridgehead atoms. The number of rotatable bonds is 6. The average molecular weight is 277 g/mol. The number of hydrogen-bond acceptors (Lipinski definition) is 3. The number of nitrogens with one attached hydrogen (secondary N) is 1. The molecular weight excluding hydrogens is 260 g/mol. The minimum atomic E-state index is -3.02. The van der Waals surface area contributed by atoms with Crippen LogP contribution < -0.4 is 5.32 Å².